The van der Waals surface area contributed by atoms with Gasteiger partial charge >= 0.3 is 0 Å². The second-order valence-electron chi connectivity index (χ2n) is 2.93. The highest BCUT2D eigenvalue weighted by Crippen LogP contribution is 2.22. The van der Waals surface area contributed by atoms with Crippen LogP contribution in [-0.2, 0) is 4.74 Å². The standard InChI is InChI=1S/C10H13ClO2S2/c1-13-5-2-6-14-7-8(12)9-3-4-10(11)15-9/h3-4H,2,5-7H2,1H3. The number of thioether (sulfide) groups is 1. The van der Waals surface area contributed by atoms with Gasteiger partial charge in [-0.2, -0.15) is 11.8 Å². The Morgan fingerprint density at radius 3 is 3.00 bits per heavy atom. The molecule has 0 aromatic carbocycles. The van der Waals surface area contributed by atoms with Gasteiger partial charge in [-0.15, -0.1) is 11.3 Å². The summed E-state index contributed by atoms with van der Waals surface area (Å²) in [5.41, 5.74) is 0. The first-order valence-electron chi connectivity index (χ1n) is 4.59. The Hall–Kier alpha value is -0.0300. The highest BCUT2D eigenvalue weighted by atomic mass is 35.5. The predicted molar refractivity (Wildman–Crippen MR) is 67.5 cm³/mol. The smallest absolute Gasteiger partial charge is 0.182 e. The normalized spacial score (nSPS) is 10.5. The number of Topliss-reactive ketones (excluding diaryl/α,β-unsaturated/α-hetero) is 1. The molecule has 1 aromatic heterocycles. The van der Waals surface area contributed by atoms with E-state index in [1.807, 2.05) is 0 Å². The topological polar surface area (TPSA) is 26.3 Å². The van der Waals surface area contributed by atoms with Crippen molar-refractivity contribution in [1.82, 2.24) is 0 Å². The zero-order chi connectivity index (χ0) is 11.1. The predicted octanol–water partition coefficient (Wildman–Crippen LogP) is 3.35. The number of ether oxygens (including phenoxy) is 1. The maximum atomic E-state index is 11.6. The molecule has 5 heteroatoms. The largest absolute Gasteiger partial charge is 0.385 e. The van der Waals surface area contributed by atoms with Crippen molar-refractivity contribution in [3.05, 3.63) is 21.3 Å². The van der Waals surface area contributed by atoms with Crippen molar-refractivity contribution in [2.75, 3.05) is 25.2 Å². The van der Waals surface area contributed by atoms with Gasteiger partial charge in [-0.05, 0) is 24.3 Å². The summed E-state index contributed by atoms with van der Waals surface area (Å²) in [6.07, 6.45) is 0.986. The van der Waals surface area contributed by atoms with E-state index >= 15 is 0 Å². The van der Waals surface area contributed by atoms with E-state index in [1.165, 1.54) is 11.3 Å². The van der Waals surface area contributed by atoms with Gasteiger partial charge in [-0.25, -0.2) is 0 Å². The Morgan fingerprint density at radius 1 is 1.60 bits per heavy atom. The molecule has 0 aliphatic rings. The molecule has 0 amide bonds. The fourth-order valence-corrected chi connectivity index (χ4v) is 2.88. The molecule has 1 aromatic rings. The lowest BCUT2D eigenvalue weighted by Crippen LogP contribution is -2.01. The first kappa shape index (κ1) is 13.0. The summed E-state index contributed by atoms with van der Waals surface area (Å²) in [5, 5.41) is 0. The summed E-state index contributed by atoms with van der Waals surface area (Å²) in [5.74, 6) is 1.65. The van der Waals surface area contributed by atoms with Gasteiger partial charge < -0.3 is 4.74 Å². The fourth-order valence-electron chi connectivity index (χ4n) is 1.01. The lowest BCUT2D eigenvalue weighted by atomic mass is 10.4. The van der Waals surface area contributed by atoms with Crippen LogP contribution in [0, 0.1) is 0 Å². The first-order chi connectivity index (χ1) is 7.24. The highest BCUT2D eigenvalue weighted by molar-refractivity contribution is 7.99. The van der Waals surface area contributed by atoms with Crippen LogP contribution in [0.25, 0.3) is 0 Å². The average molecular weight is 265 g/mol. The molecule has 0 saturated heterocycles. The van der Waals surface area contributed by atoms with E-state index in [0.29, 0.717) is 10.1 Å². The van der Waals surface area contributed by atoms with Crippen molar-refractivity contribution in [2.24, 2.45) is 0 Å². The van der Waals surface area contributed by atoms with Crippen LogP contribution in [0.2, 0.25) is 4.34 Å². The quantitative estimate of drug-likeness (QED) is 0.558. The van der Waals surface area contributed by atoms with Crippen LogP contribution in [0.5, 0.6) is 0 Å². The Kier molecular flexibility index (Phi) is 6.32. The number of rotatable bonds is 7. The molecule has 0 spiro atoms. The molecule has 0 bridgehead atoms. The van der Waals surface area contributed by atoms with E-state index in [-0.39, 0.29) is 5.78 Å². The lowest BCUT2D eigenvalue weighted by Gasteiger charge is -1.99. The van der Waals surface area contributed by atoms with Crippen molar-refractivity contribution >= 4 is 40.5 Å². The van der Waals surface area contributed by atoms with Crippen molar-refractivity contribution in [1.29, 1.82) is 0 Å². The molecule has 0 N–H and O–H groups in total. The maximum Gasteiger partial charge on any atom is 0.182 e. The van der Waals surface area contributed by atoms with Gasteiger partial charge in [-0.3, -0.25) is 4.79 Å². The molecule has 2 nitrogen and oxygen atoms in total. The average Bonchev–Trinajstić information content (AvgIpc) is 2.64. The van der Waals surface area contributed by atoms with Crippen LogP contribution >= 0.6 is 34.7 Å². The van der Waals surface area contributed by atoms with E-state index in [2.05, 4.69) is 0 Å². The summed E-state index contributed by atoms with van der Waals surface area (Å²) < 4.78 is 5.59. The number of carbonyl (C=O) groups excluding carboxylic acids is 1. The van der Waals surface area contributed by atoms with Gasteiger partial charge in [0.1, 0.15) is 0 Å². The van der Waals surface area contributed by atoms with Crippen molar-refractivity contribution in [3.8, 4) is 0 Å². The molecule has 0 radical (unpaired) electrons. The molecule has 0 saturated carbocycles. The van der Waals surface area contributed by atoms with Gasteiger partial charge in [0.25, 0.3) is 0 Å². The summed E-state index contributed by atoms with van der Waals surface area (Å²) >= 11 is 8.73. The van der Waals surface area contributed by atoms with Gasteiger partial charge in [-0.1, -0.05) is 11.6 Å². The van der Waals surface area contributed by atoms with Gasteiger partial charge in [0.05, 0.1) is 15.0 Å². The van der Waals surface area contributed by atoms with Crippen LogP contribution in [-0.4, -0.2) is 31.0 Å². The van der Waals surface area contributed by atoms with Crippen LogP contribution in [0.1, 0.15) is 16.1 Å². The molecule has 0 aliphatic carbocycles. The molecule has 1 heterocycles. The zero-order valence-electron chi connectivity index (χ0n) is 8.49. The summed E-state index contributed by atoms with van der Waals surface area (Å²) in [6.45, 7) is 0.756. The summed E-state index contributed by atoms with van der Waals surface area (Å²) in [7, 11) is 1.68. The third-order valence-corrected chi connectivity index (χ3v) is 4.03. The zero-order valence-corrected chi connectivity index (χ0v) is 10.9. The Balaban J connectivity index is 2.19. The van der Waals surface area contributed by atoms with Crippen LogP contribution in [0.15, 0.2) is 12.1 Å². The summed E-state index contributed by atoms with van der Waals surface area (Å²) in [4.78, 5) is 12.3. The number of methoxy groups -OCH3 is 1. The molecule has 0 fully saturated rings. The number of ketones is 1. The van der Waals surface area contributed by atoms with E-state index in [1.54, 1.807) is 31.0 Å². The first-order valence-corrected chi connectivity index (χ1v) is 6.94. The third-order valence-electron chi connectivity index (χ3n) is 1.72. The second kappa shape index (κ2) is 7.28. The number of thiophene rings is 1. The van der Waals surface area contributed by atoms with E-state index in [9.17, 15) is 4.79 Å². The monoisotopic (exact) mass is 264 g/mol. The molecule has 0 aliphatic heterocycles. The molecule has 0 atom stereocenters. The summed E-state index contributed by atoms with van der Waals surface area (Å²) in [6, 6.07) is 3.54. The number of hydrogen-bond acceptors (Lipinski definition) is 4. The van der Waals surface area contributed by atoms with Crippen molar-refractivity contribution < 1.29 is 9.53 Å². The van der Waals surface area contributed by atoms with E-state index in [4.69, 9.17) is 16.3 Å². The molecule has 84 valence electrons. The Bertz CT molecular complexity index is 312. The van der Waals surface area contributed by atoms with E-state index in [0.717, 1.165) is 23.7 Å². The fraction of sp³-hybridized carbons (Fsp3) is 0.500. The molecule has 15 heavy (non-hydrogen) atoms. The highest BCUT2D eigenvalue weighted by Gasteiger charge is 2.08. The molecular weight excluding hydrogens is 252 g/mol. The third kappa shape index (κ3) is 5.02. The van der Waals surface area contributed by atoms with Crippen LogP contribution in [0.4, 0.5) is 0 Å². The second-order valence-corrected chi connectivity index (χ2v) is 5.75. The Labute approximate surface area is 103 Å². The van der Waals surface area contributed by atoms with Gasteiger partial charge in [0.15, 0.2) is 5.78 Å². The molecule has 1 rings (SSSR count). The van der Waals surface area contributed by atoms with Crippen molar-refractivity contribution in [2.45, 2.75) is 6.42 Å². The number of hydrogen-bond donors (Lipinski definition) is 0. The number of halogens is 1. The van der Waals surface area contributed by atoms with Gasteiger partial charge in [0, 0.05) is 13.7 Å². The molecule has 0 unspecified atom stereocenters. The Morgan fingerprint density at radius 2 is 2.40 bits per heavy atom. The minimum absolute atomic E-state index is 0.161. The van der Waals surface area contributed by atoms with Crippen LogP contribution in [0.3, 0.4) is 0 Å². The van der Waals surface area contributed by atoms with Crippen LogP contribution < -0.4 is 0 Å². The lowest BCUT2D eigenvalue weighted by molar-refractivity contribution is 0.102. The minimum Gasteiger partial charge on any atom is -0.385 e. The van der Waals surface area contributed by atoms with E-state index < -0.39 is 0 Å². The SMILES string of the molecule is COCCCSCC(=O)c1ccc(Cl)s1. The van der Waals surface area contributed by atoms with Gasteiger partial charge in [0.2, 0.25) is 0 Å². The van der Waals surface area contributed by atoms with Crippen molar-refractivity contribution in [3.63, 3.8) is 0 Å². The minimum atomic E-state index is 0.161. The number of carbonyl (C=O) groups is 1. The maximum absolute atomic E-state index is 11.6. The molecular formula is C10H13ClO2S2.